The summed E-state index contributed by atoms with van der Waals surface area (Å²) >= 11 is 0. The Morgan fingerprint density at radius 1 is 0.591 bits per heavy atom. The summed E-state index contributed by atoms with van der Waals surface area (Å²) in [5.41, 5.74) is 2.45. The highest BCUT2D eigenvalue weighted by atomic mass is 16.6. The molecular weight excluding hydrogens is 556 g/mol. The van der Waals surface area contributed by atoms with E-state index in [0.29, 0.717) is 22.9 Å². The molecule has 5 rings (SSSR count). The van der Waals surface area contributed by atoms with Crippen LogP contribution in [0.5, 0.6) is 11.5 Å². The fourth-order valence-electron chi connectivity index (χ4n) is 4.85. The van der Waals surface area contributed by atoms with Gasteiger partial charge in [0.1, 0.15) is 36.9 Å². The molecule has 0 aliphatic carbocycles. The van der Waals surface area contributed by atoms with E-state index in [2.05, 4.69) is 29.7 Å². The van der Waals surface area contributed by atoms with E-state index in [0.717, 1.165) is 33.5 Å². The van der Waals surface area contributed by atoms with Crippen LogP contribution in [0.1, 0.15) is 26.3 Å². The summed E-state index contributed by atoms with van der Waals surface area (Å²) < 4.78 is 23.9. The number of anilines is 2. The Hall–Kier alpha value is -5.24. The zero-order valence-electron chi connectivity index (χ0n) is 25.0. The Kier molecular flexibility index (Phi) is 9.81. The number of benzene rings is 5. The number of nitrogens with one attached hydrogen (secondary N) is 2. The van der Waals surface area contributed by atoms with Gasteiger partial charge in [0, 0.05) is 32.9 Å². The van der Waals surface area contributed by atoms with Crippen molar-refractivity contribution in [2.45, 2.75) is 39.4 Å². The Morgan fingerprint density at radius 2 is 1.02 bits per heavy atom. The number of carbonyl (C=O) groups is 2. The van der Waals surface area contributed by atoms with Gasteiger partial charge in [-0.25, -0.2) is 9.59 Å². The molecule has 5 aromatic carbocycles. The third-order valence-electron chi connectivity index (χ3n) is 6.98. The molecule has 5 aromatic rings. The largest absolute Gasteiger partial charge is 0.488 e. The standard InChI is InChI=1S/C36H36N2O6/c1-4-26-19-20-31-32(21-26)34(42-23-25(3)44-36(40)38-28-15-9-6-10-16-28)30-18-12-11-17-29(30)33(31)41-22-24(2)43-35(39)37-27-13-7-5-8-14-27/h5-21,24-25H,4,22-23H2,1-3H3,(H,37,39)(H,38,40). The summed E-state index contributed by atoms with van der Waals surface area (Å²) in [5, 5.41) is 8.93. The van der Waals surface area contributed by atoms with Crippen molar-refractivity contribution in [3.05, 3.63) is 109 Å². The van der Waals surface area contributed by atoms with E-state index < -0.39 is 24.4 Å². The minimum atomic E-state index is -0.549. The smallest absolute Gasteiger partial charge is 0.412 e. The van der Waals surface area contributed by atoms with E-state index >= 15 is 0 Å². The minimum Gasteiger partial charge on any atom is -0.488 e. The molecule has 0 aliphatic heterocycles. The summed E-state index contributed by atoms with van der Waals surface area (Å²) in [6, 6.07) is 32.3. The van der Waals surface area contributed by atoms with Crippen LogP contribution in [0, 0.1) is 0 Å². The molecule has 2 N–H and O–H groups in total. The van der Waals surface area contributed by atoms with Crippen molar-refractivity contribution in [1.29, 1.82) is 0 Å². The molecule has 0 saturated heterocycles. The van der Waals surface area contributed by atoms with Crippen LogP contribution in [-0.4, -0.2) is 37.6 Å². The van der Waals surface area contributed by atoms with Gasteiger partial charge in [0.25, 0.3) is 0 Å². The highest BCUT2D eigenvalue weighted by Gasteiger charge is 2.20. The maximum absolute atomic E-state index is 12.4. The van der Waals surface area contributed by atoms with Crippen molar-refractivity contribution in [2.24, 2.45) is 0 Å². The van der Waals surface area contributed by atoms with Crippen molar-refractivity contribution >= 4 is 45.1 Å². The lowest BCUT2D eigenvalue weighted by Crippen LogP contribution is -2.25. The summed E-state index contributed by atoms with van der Waals surface area (Å²) in [7, 11) is 0. The zero-order chi connectivity index (χ0) is 30.9. The number of para-hydroxylation sites is 2. The van der Waals surface area contributed by atoms with Crippen molar-refractivity contribution in [2.75, 3.05) is 23.8 Å². The molecule has 0 spiro atoms. The van der Waals surface area contributed by atoms with Crippen LogP contribution in [0.15, 0.2) is 103 Å². The molecule has 0 heterocycles. The van der Waals surface area contributed by atoms with Gasteiger partial charge in [-0.3, -0.25) is 10.6 Å². The molecule has 2 atom stereocenters. The first-order valence-corrected chi connectivity index (χ1v) is 14.7. The number of ether oxygens (including phenoxy) is 4. The van der Waals surface area contributed by atoms with Gasteiger partial charge >= 0.3 is 12.2 Å². The van der Waals surface area contributed by atoms with Crippen LogP contribution in [0.25, 0.3) is 21.5 Å². The maximum atomic E-state index is 12.4. The van der Waals surface area contributed by atoms with Gasteiger partial charge in [0.2, 0.25) is 0 Å². The second-order valence-electron chi connectivity index (χ2n) is 10.5. The number of hydrogen-bond acceptors (Lipinski definition) is 6. The molecule has 2 amide bonds. The van der Waals surface area contributed by atoms with Gasteiger partial charge in [-0.1, -0.05) is 79.7 Å². The first-order chi connectivity index (χ1) is 21.4. The summed E-state index contributed by atoms with van der Waals surface area (Å²) in [6.45, 7) is 5.98. The summed E-state index contributed by atoms with van der Waals surface area (Å²) in [5.74, 6) is 1.36. The second-order valence-corrected chi connectivity index (χ2v) is 10.5. The number of hydrogen-bond donors (Lipinski definition) is 2. The van der Waals surface area contributed by atoms with Crippen molar-refractivity contribution < 1.29 is 28.5 Å². The van der Waals surface area contributed by atoms with Crippen LogP contribution in [0.4, 0.5) is 21.0 Å². The minimum absolute atomic E-state index is 0.151. The Labute approximate surface area is 256 Å². The molecular formula is C36H36N2O6. The van der Waals surface area contributed by atoms with Gasteiger partial charge < -0.3 is 18.9 Å². The monoisotopic (exact) mass is 592 g/mol. The van der Waals surface area contributed by atoms with Crippen LogP contribution >= 0.6 is 0 Å². The Morgan fingerprint density at radius 3 is 1.50 bits per heavy atom. The van der Waals surface area contributed by atoms with Gasteiger partial charge in [-0.05, 0) is 56.2 Å². The van der Waals surface area contributed by atoms with Gasteiger partial charge in [-0.15, -0.1) is 0 Å². The third kappa shape index (κ3) is 7.58. The number of aryl methyl sites for hydroxylation is 1. The normalized spacial score (nSPS) is 12.2. The van der Waals surface area contributed by atoms with Crippen molar-refractivity contribution in [3.8, 4) is 11.5 Å². The fourth-order valence-corrected chi connectivity index (χ4v) is 4.85. The van der Waals surface area contributed by atoms with E-state index in [9.17, 15) is 9.59 Å². The van der Waals surface area contributed by atoms with Crippen molar-refractivity contribution in [3.63, 3.8) is 0 Å². The molecule has 226 valence electrons. The second kappa shape index (κ2) is 14.3. The molecule has 0 aliphatic rings. The Bertz CT molecular complexity index is 1730. The molecule has 0 saturated carbocycles. The predicted octanol–water partition coefficient (Wildman–Crippen LogP) is 8.59. The fraction of sp³-hybridized carbons (Fsp3) is 0.222. The quantitative estimate of drug-likeness (QED) is 0.149. The first-order valence-electron chi connectivity index (χ1n) is 14.7. The zero-order valence-corrected chi connectivity index (χ0v) is 25.0. The van der Waals surface area contributed by atoms with Gasteiger partial charge in [0.15, 0.2) is 0 Å². The average Bonchev–Trinajstić information content (AvgIpc) is 3.03. The van der Waals surface area contributed by atoms with Crippen molar-refractivity contribution in [1.82, 2.24) is 0 Å². The number of fused-ring (bicyclic) bond motifs is 2. The Balaban J connectivity index is 1.34. The summed E-state index contributed by atoms with van der Waals surface area (Å²) in [4.78, 5) is 24.9. The van der Waals surface area contributed by atoms with Crippen LogP contribution < -0.4 is 20.1 Å². The molecule has 44 heavy (non-hydrogen) atoms. The first kappa shape index (κ1) is 30.2. The number of rotatable bonds is 11. The summed E-state index contributed by atoms with van der Waals surface area (Å²) in [6.07, 6.45) is -1.28. The highest BCUT2D eigenvalue weighted by molar-refractivity contribution is 6.11. The predicted molar refractivity (Wildman–Crippen MR) is 174 cm³/mol. The van der Waals surface area contributed by atoms with Crippen LogP contribution in [-0.2, 0) is 15.9 Å². The van der Waals surface area contributed by atoms with Gasteiger partial charge in [0.05, 0.1) is 0 Å². The molecule has 0 aromatic heterocycles. The number of carbonyl (C=O) groups excluding carboxylic acids is 2. The van der Waals surface area contributed by atoms with Crippen LogP contribution in [0.3, 0.4) is 0 Å². The lowest BCUT2D eigenvalue weighted by molar-refractivity contribution is 0.0854. The lowest BCUT2D eigenvalue weighted by atomic mass is 9.98. The molecule has 0 fully saturated rings. The van der Waals surface area contributed by atoms with Gasteiger partial charge in [-0.2, -0.15) is 0 Å². The SMILES string of the molecule is CCc1ccc2c(OCC(C)OC(=O)Nc3ccccc3)c3ccccc3c(OCC(C)OC(=O)Nc3ccccc3)c2c1. The van der Waals surface area contributed by atoms with E-state index in [1.807, 2.05) is 66.7 Å². The molecule has 0 radical (unpaired) electrons. The van der Waals surface area contributed by atoms with E-state index in [-0.39, 0.29) is 13.2 Å². The molecule has 8 heteroatoms. The lowest BCUT2D eigenvalue weighted by Gasteiger charge is -2.21. The van der Waals surface area contributed by atoms with E-state index in [1.54, 1.807) is 38.1 Å². The maximum Gasteiger partial charge on any atom is 0.412 e. The molecule has 2 unspecified atom stereocenters. The third-order valence-corrected chi connectivity index (χ3v) is 6.98. The molecule has 8 nitrogen and oxygen atoms in total. The topological polar surface area (TPSA) is 95.1 Å². The number of amides is 2. The van der Waals surface area contributed by atoms with Crippen LogP contribution in [0.2, 0.25) is 0 Å². The van der Waals surface area contributed by atoms with E-state index in [1.165, 1.54) is 0 Å². The molecule has 0 bridgehead atoms. The average molecular weight is 593 g/mol. The van der Waals surface area contributed by atoms with E-state index in [4.69, 9.17) is 18.9 Å². The highest BCUT2D eigenvalue weighted by Crippen LogP contribution is 2.43.